The van der Waals surface area contributed by atoms with E-state index in [-0.39, 0.29) is 23.1 Å². The first-order valence-corrected chi connectivity index (χ1v) is 6.59. The number of carbonyl (C=O) groups is 2. The first-order chi connectivity index (χ1) is 7.96. The molecule has 2 aliphatic carbocycles. The van der Waals surface area contributed by atoms with Crippen molar-refractivity contribution in [2.45, 2.75) is 52.4 Å². The normalized spacial score (nSPS) is 24.7. The smallest absolute Gasteiger partial charge is 0.319 e. The average Bonchev–Trinajstić information content (AvgIpc) is 2.73. The Hall–Kier alpha value is -0.860. The Bertz CT molecular complexity index is 329. The van der Waals surface area contributed by atoms with E-state index in [2.05, 4.69) is 0 Å². The van der Waals surface area contributed by atoms with E-state index in [1.54, 1.807) is 0 Å². The standard InChI is InChI=1S/C14H22O3/c1-10(2)11(15)14(12(16)17-3)8-13(9-14)6-4-5-7-13/h10H,4-9H2,1-3H3. The van der Waals surface area contributed by atoms with Gasteiger partial charge in [0.1, 0.15) is 5.41 Å². The fraction of sp³-hybridized carbons (Fsp3) is 0.857. The summed E-state index contributed by atoms with van der Waals surface area (Å²) in [5.74, 6) is -0.330. The molecule has 1 spiro atoms. The number of esters is 1. The lowest BCUT2D eigenvalue weighted by Gasteiger charge is -2.52. The molecule has 3 nitrogen and oxygen atoms in total. The van der Waals surface area contributed by atoms with Crippen molar-refractivity contribution in [1.82, 2.24) is 0 Å². The Kier molecular flexibility index (Phi) is 3.04. The molecule has 0 radical (unpaired) electrons. The monoisotopic (exact) mass is 238 g/mol. The summed E-state index contributed by atoms with van der Waals surface area (Å²) >= 11 is 0. The highest BCUT2D eigenvalue weighted by Crippen LogP contribution is 2.63. The Morgan fingerprint density at radius 2 is 1.65 bits per heavy atom. The number of methoxy groups -OCH3 is 1. The van der Waals surface area contributed by atoms with Gasteiger partial charge in [0.2, 0.25) is 0 Å². The number of carbonyl (C=O) groups excluding carboxylic acids is 2. The summed E-state index contributed by atoms with van der Waals surface area (Å²) in [6.07, 6.45) is 6.29. The number of hydrogen-bond donors (Lipinski definition) is 0. The lowest BCUT2D eigenvalue weighted by Crippen LogP contribution is -2.56. The van der Waals surface area contributed by atoms with Gasteiger partial charge in [-0.1, -0.05) is 26.7 Å². The number of ether oxygens (including phenoxy) is 1. The molecule has 0 aromatic heterocycles. The van der Waals surface area contributed by atoms with Crippen LogP contribution in [0.5, 0.6) is 0 Å². The SMILES string of the molecule is COC(=O)C1(C(=O)C(C)C)CC2(CCCC2)C1. The van der Waals surface area contributed by atoms with Crippen LogP contribution in [-0.4, -0.2) is 18.9 Å². The molecule has 0 aromatic rings. The molecular weight excluding hydrogens is 216 g/mol. The van der Waals surface area contributed by atoms with Gasteiger partial charge >= 0.3 is 5.97 Å². The molecule has 0 unspecified atom stereocenters. The van der Waals surface area contributed by atoms with Crippen LogP contribution in [0.15, 0.2) is 0 Å². The van der Waals surface area contributed by atoms with Crippen molar-refractivity contribution in [2.75, 3.05) is 7.11 Å². The third-order valence-corrected chi connectivity index (χ3v) is 4.59. The van der Waals surface area contributed by atoms with Crippen LogP contribution in [0.1, 0.15) is 52.4 Å². The molecule has 96 valence electrons. The van der Waals surface area contributed by atoms with E-state index in [0.29, 0.717) is 0 Å². The van der Waals surface area contributed by atoms with E-state index in [1.807, 2.05) is 13.8 Å². The predicted molar refractivity (Wildman–Crippen MR) is 64.4 cm³/mol. The van der Waals surface area contributed by atoms with Gasteiger partial charge < -0.3 is 4.74 Å². The Morgan fingerprint density at radius 1 is 1.12 bits per heavy atom. The van der Waals surface area contributed by atoms with Gasteiger partial charge in [0.25, 0.3) is 0 Å². The van der Waals surface area contributed by atoms with E-state index in [0.717, 1.165) is 12.8 Å². The lowest BCUT2D eigenvalue weighted by molar-refractivity contribution is -0.176. The highest BCUT2D eigenvalue weighted by Gasteiger charge is 2.63. The molecule has 2 aliphatic rings. The number of ketones is 1. The van der Waals surface area contributed by atoms with Crippen LogP contribution in [0, 0.1) is 16.7 Å². The van der Waals surface area contributed by atoms with Crippen molar-refractivity contribution in [3.05, 3.63) is 0 Å². The molecular formula is C14H22O3. The second kappa shape index (κ2) is 4.11. The Morgan fingerprint density at radius 3 is 2.06 bits per heavy atom. The fourth-order valence-corrected chi connectivity index (χ4v) is 3.87. The Labute approximate surface area is 103 Å². The molecule has 0 aliphatic heterocycles. The summed E-state index contributed by atoms with van der Waals surface area (Å²) in [5, 5.41) is 0. The van der Waals surface area contributed by atoms with Crippen LogP contribution >= 0.6 is 0 Å². The minimum atomic E-state index is -0.812. The van der Waals surface area contributed by atoms with Gasteiger partial charge in [-0.25, -0.2) is 0 Å². The maximum atomic E-state index is 12.3. The maximum absolute atomic E-state index is 12.3. The van der Waals surface area contributed by atoms with E-state index >= 15 is 0 Å². The van der Waals surface area contributed by atoms with Gasteiger partial charge in [-0.3, -0.25) is 9.59 Å². The van der Waals surface area contributed by atoms with Crippen molar-refractivity contribution in [1.29, 1.82) is 0 Å². The van der Waals surface area contributed by atoms with Crippen LogP contribution in [-0.2, 0) is 14.3 Å². The van der Waals surface area contributed by atoms with Crippen LogP contribution in [0.2, 0.25) is 0 Å². The van der Waals surface area contributed by atoms with Crippen LogP contribution in [0.3, 0.4) is 0 Å². The molecule has 0 bridgehead atoms. The maximum Gasteiger partial charge on any atom is 0.319 e. The van der Waals surface area contributed by atoms with E-state index in [1.165, 1.54) is 32.8 Å². The van der Waals surface area contributed by atoms with Crippen molar-refractivity contribution < 1.29 is 14.3 Å². The van der Waals surface area contributed by atoms with E-state index < -0.39 is 5.41 Å². The lowest BCUT2D eigenvalue weighted by atomic mass is 9.49. The highest BCUT2D eigenvalue weighted by molar-refractivity contribution is 6.05. The summed E-state index contributed by atoms with van der Waals surface area (Å²) in [6, 6.07) is 0. The van der Waals surface area contributed by atoms with Crippen LogP contribution in [0.25, 0.3) is 0 Å². The molecule has 2 fully saturated rings. The minimum absolute atomic E-state index is 0.0712. The molecule has 2 saturated carbocycles. The summed E-state index contributed by atoms with van der Waals surface area (Å²) < 4.78 is 4.87. The third-order valence-electron chi connectivity index (χ3n) is 4.59. The summed E-state index contributed by atoms with van der Waals surface area (Å²) in [7, 11) is 1.39. The fourth-order valence-electron chi connectivity index (χ4n) is 3.87. The minimum Gasteiger partial charge on any atom is -0.468 e. The third kappa shape index (κ3) is 1.80. The van der Waals surface area contributed by atoms with Crippen molar-refractivity contribution in [3.8, 4) is 0 Å². The quantitative estimate of drug-likeness (QED) is 0.561. The van der Waals surface area contributed by atoms with Gasteiger partial charge in [0.15, 0.2) is 5.78 Å². The number of hydrogen-bond acceptors (Lipinski definition) is 3. The van der Waals surface area contributed by atoms with Gasteiger partial charge in [-0.15, -0.1) is 0 Å². The zero-order valence-electron chi connectivity index (χ0n) is 11.0. The number of rotatable bonds is 3. The first kappa shape index (κ1) is 12.6. The molecule has 2 rings (SSSR count). The molecule has 0 atom stereocenters. The average molecular weight is 238 g/mol. The van der Waals surface area contributed by atoms with Crippen LogP contribution in [0.4, 0.5) is 0 Å². The molecule has 0 saturated heterocycles. The molecule has 0 heterocycles. The van der Waals surface area contributed by atoms with Gasteiger partial charge in [-0.2, -0.15) is 0 Å². The van der Waals surface area contributed by atoms with Crippen molar-refractivity contribution in [3.63, 3.8) is 0 Å². The van der Waals surface area contributed by atoms with Crippen molar-refractivity contribution >= 4 is 11.8 Å². The molecule has 0 N–H and O–H groups in total. The predicted octanol–water partition coefficient (Wildman–Crippen LogP) is 2.73. The highest BCUT2D eigenvalue weighted by atomic mass is 16.5. The van der Waals surface area contributed by atoms with Gasteiger partial charge in [-0.05, 0) is 31.1 Å². The largest absolute Gasteiger partial charge is 0.468 e. The van der Waals surface area contributed by atoms with Gasteiger partial charge in [0, 0.05) is 5.92 Å². The molecule has 0 amide bonds. The summed E-state index contributed by atoms with van der Waals surface area (Å²) in [4.78, 5) is 24.2. The van der Waals surface area contributed by atoms with Gasteiger partial charge in [0.05, 0.1) is 7.11 Å². The van der Waals surface area contributed by atoms with Crippen molar-refractivity contribution in [2.24, 2.45) is 16.7 Å². The zero-order valence-corrected chi connectivity index (χ0v) is 11.0. The second-order valence-corrected chi connectivity index (χ2v) is 6.15. The van der Waals surface area contributed by atoms with E-state index in [9.17, 15) is 9.59 Å². The first-order valence-electron chi connectivity index (χ1n) is 6.59. The van der Waals surface area contributed by atoms with Crippen LogP contribution < -0.4 is 0 Å². The topological polar surface area (TPSA) is 43.4 Å². The molecule has 3 heteroatoms. The van der Waals surface area contributed by atoms with E-state index in [4.69, 9.17) is 4.74 Å². The number of Topliss-reactive ketones (excluding diaryl/α,β-unsaturated/α-hetero) is 1. The summed E-state index contributed by atoms with van der Waals surface area (Å²) in [6.45, 7) is 3.74. The molecule has 0 aromatic carbocycles. The summed E-state index contributed by atoms with van der Waals surface area (Å²) in [5.41, 5.74) is -0.536. The zero-order chi connectivity index (χ0) is 12.7. The molecule has 17 heavy (non-hydrogen) atoms. The Balaban J connectivity index is 2.18. The second-order valence-electron chi connectivity index (χ2n) is 6.15.